The van der Waals surface area contributed by atoms with E-state index in [-0.39, 0.29) is 10.8 Å². The fourth-order valence-electron chi connectivity index (χ4n) is 2.00. The fourth-order valence-corrected chi connectivity index (χ4v) is 2.00. The lowest BCUT2D eigenvalue weighted by molar-refractivity contribution is 0.395. The summed E-state index contributed by atoms with van der Waals surface area (Å²) in [4.78, 5) is 11.1. The molecule has 0 spiro atoms. The van der Waals surface area contributed by atoms with E-state index in [4.69, 9.17) is 4.74 Å². The highest BCUT2D eigenvalue weighted by molar-refractivity contribution is 5.58. The first kappa shape index (κ1) is 14.7. The lowest BCUT2D eigenvalue weighted by atomic mass is 9.80. The molecule has 0 saturated carbocycles. The molecule has 0 heterocycles. The van der Waals surface area contributed by atoms with Gasteiger partial charge in [0.05, 0.1) is 7.11 Å². The van der Waals surface area contributed by atoms with Crippen LogP contribution in [0.15, 0.2) is 17.3 Å². The minimum atomic E-state index is -0.132. The zero-order valence-corrected chi connectivity index (χ0v) is 12.4. The summed E-state index contributed by atoms with van der Waals surface area (Å²) in [6.07, 6.45) is 0. The molecule has 0 aromatic heterocycles. The van der Waals surface area contributed by atoms with E-state index >= 15 is 0 Å². The summed E-state index contributed by atoms with van der Waals surface area (Å²) < 4.78 is 5.46. The zero-order chi connectivity index (χ0) is 14.1. The second-order valence-corrected chi connectivity index (χ2v) is 6.66. The molecule has 1 aromatic carbocycles. The molecule has 3 nitrogen and oxygen atoms in total. The van der Waals surface area contributed by atoms with Crippen molar-refractivity contribution >= 4 is 5.69 Å². The van der Waals surface area contributed by atoms with Crippen LogP contribution in [0.3, 0.4) is 0 Å². The average Bonchev–Trinajstić information content (AvgIpc) is 2.24. The van der Waals surface area contributed by atoms with Crippen molar-refractivity contribution in [1.29, 1.82) is 0 Å². The Balaban J connectivity index is 3.57. The van der Waals surface area contributed by atoms with Gasteiger partial charge in [0.15, 0.2) is 0 Å². The molecule has 3 heteroatoms. The summed E-state index contributed by atoms with van der Waals surface area (Å²) in [5.41, 5.74) is 2.22. The van der Waals surface area contributed by atoms with E-state index in [1.54, 1.807) is 7.11 Å². The Morgan fingerprint density at radius 1 is 0.944 bits per heavy atom. The summed E-state index contributed by atoms with van der Waals surface area (Å²) in [6.45, 7) is 12.5. The van der Waals surface area contributed by atoms with E-state index < -0.39 is 0 Å². The van der Waals surface area contributed by atoms with Crippen molar-refractivity contribution in [2.45, 2.75) is 52.4 Å². The van der Waals surface area contributed by atoms with Crippen molar-refractivity contribution < 1.29 is 4.74 Å². The predicted molar refractivity (Wildman–Crippen MR) is 75.8 cm³/mol. The Labute approximate surface area is 110 Å². The Morgan fingerprint density at radius 3 is 1.78 bits per heavy atom. The minimum Gasteiger partial charge on any atom is -0.496 e. The van der Waals surface area contributed by atoms with Crippen LogP contribution in [0.5, 0.6) is 5.75 Å². The van der Waals surface area contributed by atoms with Crippen LogP contribution in [0.2, 0.25) is 0 Å². The Bertz CT molecular complexity index is 451. The molecule has 0 amide bonds. The van der Waals surface area contributed by atoms with Crippen LogP contribution in [-0.2, 0) is 10.8 Å². The molecule has 0 fully saturated rings. The molecule has 0 unspecified atom stereocenters. The minimum absolute atomic E-state index is 0.0821. The molecule has 0 N–H and O–H groups in total. The maximum absolute atomic E-state index is 11.1. The first-order valence-corrected chi connectivity index (χ1v) is 6.17. The third kappa shape index (κ3) is 2.89. The maximum Gasteiger partial charge on any atom is 0.123 e. The maximum atomic E-state index is 11.1. The highest BCUT2D eigenvalue weighted by Gasteiger charge is 2.26. The van der Waals surface area contributed by atoms with Gasteiger partial charge in [-0.25, -0.2) is 0 Å². The van der Waals surface area contributed by atoms with Crippen LogP contribution >= 0.6 is 0 Å². The van der Waals surface area contributed by atoms with Gasteiger partial charge in [-0.3, -0.25) is 0 Å². The molecule has 1 rings (SSSR count). The van der Waals surface area contributed by atoms with Gasteiger partial charge in [0.1, 0.15) is 11.4 Å². The third-order valence-corrected chi connectivity index (χ3v) is 3.03. The quantitative estimate of drug-likeness (QED) is 0.713. The van der Waals surface area contributed by atoms with Crippen LogP contribution in [0.4, 0.5) is 5.69 Å². The van der Waals surface area contributed by atoms with Crippen LogP contribution in [-0.4, -0.2) is 7.11 Å². The summed E-state index contributed by atoms with van der Waals surface area (Å²) in [6, 6.07) is 3.80. The smallest absolute Gasteiger partial charge is 0.123 e. The van der Waals surface area contributed by atoms with Gasteiger partial charge in [-0.1, -0.05) is 41.5 Å². The lowest BCUT2D eigenvalue weighted by Gasteiger charge is -2.26. The molecule has 1 aromatic rings. The standard InChI is InChI=1S/C15H23NO2/c1-14(2,3)10-9-13(18-7)11(15(4,5)6)8-12(10)16-17/h8-9H,1-7H3. The normalized spacial score (nSPS) is 12.4. The lowest BCUT2D eigenvalue weighted by Crippen LogP contribution is -2.16. The van der Waals surface area contributed by atoms with Crippen molar-refractivity contribution in [2.24, 2.45) is 5.18 Å². The van der Waals surface area contributed by atoms with Crippen LogP contribution in [0.25, 0.3) is 0 Å². The van der Waals surface area contributed by atoms with Gasteiger partial charge < -0.3 is 4.74 Å². The molecular weight excluding hydrogens is 226 g/mol. The van der Waals surface area contributed by atoms with E-state index in [1.807, 2.05) is 12.1 Å². The molecule has 0 aliphatic heterocycles. The SMILES string of the molecule is COc1cc(C(C)(C)C)c(N=O)cc1C(C)(C)C. The van der Waals surface area contributed by atoms with Crippen LogP contribution < -0.4 is 4.74 Å². The van der Waals surface area contributed by atoms with Crippen molar-refractivity contribution in [3.8, 4) is 5.75 Å². The monoisotopic (exact) mass is 249 g/mol. The van der Waals surface area contributed by atoms with Gasteiger partial charge in [-0.05, 0) is 33.7 Å². The highest BCUT2D eigenvalue weighted by atomic mass is 16.5. The molecule has 0 aliphatic rings. The van der Waals surface area contributed by atoms with Gasteiger partial charge in [0, 0.05) is 5.56 Å². The van der Waals surface area contributed by atoms with Crippen LogP contribution in [0.1, 0.15) is 52.7 Å². The van der Waals surface area contributed by atoms with Crippen molar-refractivity contribution in [1.82, 2.24) is 0 Å². The first-order valence-electron chi connectivity index (χ1n) is 6.17. The van der Waals surface area contributed by atoms with Gasteiger partial charge in [-0.2, -0.15) is 0 Å². The summed E-state index contributed by atoms with van der Waals surface area (Å²) in [7, 11) is 1.66. The molecule has 18 heavy (non-hydrogen) atoms. The van der Waals surface area contributed by atoms with Crippen molar-refractivity contribution in [2.75, 3.05) is 7.11 Å². The van der Waals surface area contributed by atoms with Crippen molar-refractivity contribution in [3.63, 3.8) is 0 Å². The van der Waals surface area contributed by atoms with E-state index in [0.717, 1.165) is 16.9 Å². The van der Waals surface area contributed by atoms with E-state index in [2.05, 4.69) is 46.7 Å². The number of ether oxygens (including phenoxy) is 1. The van der Waals surface area contributed by atoms with Crippen LogP contribution in [0, 0.1) is 4.91 Å². The average molecular weight is 249 g/mol. The Hall–Kier alpha value is -1.38. The fraction of sp³-hybridized carbons (Fsp3) is 0.600. The number of hydrogen-bond donors (Lipinski definition) is 0. The molecule has 100 valence electrons. The molecule has 0 saturated heterocycles. The predicted octanol–water partition coefficient (Wildman–Crippen LogP) is 4.69. The second-order valence-electron chi connectivity index (χ2n) is 6.66. The zero-order valence-electron chi connectivity index (χ0n) is 12.4. The molecule has 0 atom stereocenters. The largest absolute Gasteiger partial charge is 0.496 e. The molecule has 0 aliphatic carbocycles. The number of benzene rings is 1. The van der Waals surface area contributed by atoms with E-state index in [1.165, 1.54) is 0 Å². The second kappa shape index (κ2) is 4.71. The Kier molecular flexibility index (Phi) is 3.84. The summed E-state index contributed by atoms with van der Waals surface area (Å²) in [5.74, 6) is 0.819. The molecule has 0 radical (unpaired) electrons. The summed E-state index contributed by atoms with van der Waals surface area (Å²) >= 11 is 0. The van der Waals surface area contributed by atoms with E-state index in [0.29, 0.717) is 5.69 Å². The Morgan fingerprint density at radius 2 is 1.44 bits per heavy atom. The number of nitroso groups, excluding NO2 is 1. The molecular formula is C15H23NO2. The van der Waals surface area contributed by atoms with Gasteiger partial charge in [0.25, 0.3) is 0 Å². The number of rotatable bonds is 2. The van der Waals surface area contributed by atoms with Gasteiger partial charge >= 0.3 is 0 Å². The summed E-state index contributed by atoms with van der Waals surface area (Å²) in [5, 5.41) is 3.18. The highest BCUT2D eigenvalue weighted by Crippen LogP contribution is 2.40. The number of nitrogens with zero attached hydrogens (tertiary/aromatic N) is 1. The van der Waals surface area contributed by atoms with Gasteiger partial charge in [0.2, 0.25) is 0 Å². The van der Waals surface area contributed by atoms with Crippen molar-refractivity contribution in [3.05, 3.63) is 28.2 Å². The first-order chi connectivity index (χ1) is 8.11. The molecule has 0 bridgehead atoms. The topological polar surface area (TPSA) is 38.7 Å². The van der Waals surface area contributed by atoms with Gasteiger partial charge in [-0.15, -0.1) is 4.91 Å². The number of methoxy groups -OCH3 is 1. The third-order valence-electron chi connectivity index (χ3n) is 3.03. The van der Waals surface area contributed by atoms with E-state index in [9.17, 15) is 4.91 Å². The number of hydrogen-bond acceptors (Lipinski definition) is 3.